The fourth-order valence-corrected chi connectivity index (χ4v) is 2.97. The van der Waals surface area contributed by atoms with Gasteiger partial charge in [0.25, 0.3) is 0 Å². The predicted octanol–water partition coefficient (Wildman–Crippen LogP) is 4.54. The number of nitrogens with one attached hydrogen (secondary N) is 1. The molecule has 0 saturated carbocycles. The minimum absolute atomic E-state index is 0.186. The summed E-state index contributed by atoms with van der Waals surface area (Å²) in [5.41, 5.74) is 1.88. The van der Waals surface area contributed by atoms with E-state index in [1.165, 1.54) is 30.7 Å². The molecule has 0 aromatic heterocycles. The molecule has 0 atom stereocenters. The van der Waals surface area contributed by atoms with Gasteiger partial charge in [-0.05, 0) is 42.0 Å². The first kappa shape index (κ1) is 24.5. The molecule has 0 bridgehead atoms. The Hall–Kier alpha value is -3.11. The van der Waals surface area contributed by atoms with Crippen molar-refractivity contribution >= 4 is 18.0 Å². The number of halogens is 4. The molecule has 0 fully saturated rings. The van der Waals surface area contributed by atoms with Crippen molar-refractivity contribution in [3.8, 4) is 11.5 Å². The molecule has 178 valence electrons. The third-order valence-corrected chi connectivity index (χ3v) is 4.61. The van der Waals surface area contributed by atoms with Crippen LogP contribution in [0.5, 0.6) is 11.5 Å². The second kappa shape index (κ2) is 11.7. The first-order valence-corrected chi connectivity index (χ1v) is 10.3. The largest absolute Gasteiger partial charge is 0.573 e. The average Bonchev–Trinajstić information content (AvgIpc) is 2.77. The van der Waals surface area contributed by atoms with E-state index in [0.29, 0.717) is 36.5 Å². The number of alkyl halides is 3. The van der Waals surface area contributed by atoms with Gasteiger partial charge in [-0.25, -0.2) is 4.99 Å². The molecule has 0 unspecified atom stereocenters. The van der Waals surface area contributed by atoms with Crippen LogP contribution >= 0.6 is 11.6 Å². The first-order chi connectivity index (χ1) is 15.8. The van der Waals surface area contributed by atoms with Crippen molar-refractivity contribution in [3.63, 3.8) is 0 Å². The number of aliphatic imine (C=N–C) groups is 1. The Balaban J connectivity index is 1.45. The third-order valence-electron chi connectivity index (χ3n) is 4.36. The van der Waals surface area contributed by atoms with Crippen LogP contribution in [0.3, 0.4) is 0 Å². The second-order valence-electron chi connectivity index (χ2n) is 6.93. The van der Waals surface area contributed by atoms with Gasteiger partial charge in [-0.1, -0.05) is 23.7 Å². The molecule has 1 aliphatic rings. The smallest absolute Gasteiger partial charge is 0.490 e. The van der Waals surface area contributed by atoms with Gasteiger partial charge in [0.05, 0.1) is 12.3 Å². The van der Waals surface area contributed by atoms with E-state index >= 15 is 0 Å². The van der Waals surface area contributed by atoms with Crippen molar-refractivity contribution in [2.45, 2.75) is 12.9 Å². The van der Waals surface area contributed by atoms with Gasteiger partial charge in [-0.3, -0.25) is 0 Å². The van der Waals surface area contributed by atoms with Gasteiger partial charge in [0.1, 0.15) is 31.4 Å². The van der Waals surface area contributed by atoms with Crippen LogP contribution in [0.2, 0.25) is 5.02 Å². The van der Waals surface area contributed by atoms with Gasteiger partial charge >= 0.3 is 6.36 Å². The number of ether oxygens (including phenoxy) is 4. The topological polar surface area (TPSA) is 64.6 Å². The Morgan fingerprint density at radius 3 is 2.48 bits per heavy atom. The van der Waals surface area contributed by atoms with E-state index in [-0.39, 0.29) is 19.0 Å². The summed E-state index contributed by atoms with van der Waals surface area (Å²) in [5.74, 6) is 0.773. The van der Waals surface area contributed by atoms with Crippen molar-refractivity contribution in [1.82, 2.24) is 10.2 Å². The van der Waals surface area contributed by atoms with Gasteiger partial charge in [0.2, 0.25) is 0 Å². The lowest BCUT2D eigenvalue weighted by molar-refractivity contribution is -0.274. The summed E-state index contributed by atoms with van der Waals surface area (Å²) < 4.78 is 56.7. The Morgan fingerprint density at radius 2 is 1.79 bits per heavy atom. The SMILES string of the molecule is CN1COCC(NCc2ccc(Cl)cc2)=C1/N=C/OCCOc1ccc(OC(F)(F)F)cc1. The zero-order valence-corrected chi connectivity index (χ0v) is 18.5. The number of hydrogen-bond donors (Lipinski definition) is 1. The van der Waals surface area contributed by atoms with Crippen LogP contribution in [0.25, 0.3) is 0 Å². The molecule has 1 N–H and O–H groups in total. The highest BCUT2D eigenvalue weighted by molar-refractivity contribution is 6.30. The Morgan fingerprint density at radius 1 is 1.09 bits per heavy atom. The van der Waals surface area contributed by atoms with Crippen LogP contribution in [0.4, 0.5) is 13.2 Å². The van der Waals surface area contributed by atoms with Gasteiger partial charge in [0.15, 0.2) is 12.2 Å². The van der Waals surface area contributed by atoms with Crippen molar-refractivity contribution in [3.05, 3.63) is 70.6 Å². The monoisotopic (exact) mass is 485 g/mol. The minimum atomic E-state index is -4.73. The average molecular weight is 486 g/mol. The van der Waals surface area contributed by atoms with E-state index in [1.54, 1.807) is 0 Å². The summed E-state index contributed by atoms with van der Waals surface area (Å²) in [6.07, 6.45) is -3.40. The van der Waals surface area contributed by atoms with Gasteiger partial charge in [0, 0.05) is 18.6 Å². The molecule has 2 aromatic rings. The molecule has 0 radical (unpaired) electrons. The standard InChI is InChI=1S/C22H23ClF3N3O4/c1-29-15-31-13-20(27-12-16-2-4-17(23)5-3-16)21(29)28-14-30-10-11-32-18-6-8-19(9-7-18)33-22(24,25)26/h2-9,14,27H,10-13,15H2,1H3/b28-14+. The molecule has 0 saturated heterocycles. The second-order valence-corrected chi connectivity index (χ2v) is 7.37. The van der Waals surface area contributed by atoms with Crippen molar-refractivity contribution < 1.29 is 32.1 Å². The fourth-order valence-electron chi connectivity index (χ4n) is 2.84. The number of rotatable bonds is 10. The van der Waals surface area contributed by atoms with Gasteiger partial charge < -0.3 is 29.2 Å². The van der Waals surface area contributed by atoms with Crippen LogP contribution in [0.15, 0.2) is 65.0 Å². The summed E-state index contributed by atoms with van der Waals surface area (Å²) in [6, 6.07) is 12.7. The normalized spacial score (nSPS) is 14.5. The molecule has 0 amide bonds. The summed E-state index contributed by atoms with van der Waals surface area (Å²) in [4.78, 5) is 6.22. The van der Waals surface area contributed by atoms with E-state index in [4.69, 9.17) is 25.8 Å². The summed E-state index contributed by atoms with van der Waals surface area (Å²) in [6.45, 7) is 1.76. The van der Waals surface area contributed by atoms with E-state index in [1.807, 2.05) is 36.2 Å². The van der Waals surface area contributed by atoms with Crippen LogP contribution < -0.4 is 14.8 Å². The van der Waals surface area contributed by atoms with Crippen molar-refractivity contribution in [1.29, 1.82) is 0 Å². The van der Waals surface area contributed by atoms with E-state index < -0.39 is 6.36 Å². The van der Waals surface area contributed by atoms with Crippen LogP contribution in [-0.2, 0) is 16.0 Å². The minimum Gasteiger partial charge on any atom is -0.490 e. The lowest BCUT2D eigenvalue weighted by Crippen LogP contribution is -2.33. The zero-order chi connectivity index (χ0) is 23.7. The highest BCUT2D eigenvalue weighted by Crippen LogP contribution is 2.24. The lowest BCUT2D eigenvalue weighted by Gasteiger charge is -2.28. The van der Waals surface area contributed by atoms with Gasteiger partial charge in [-0.15, -0.1) is 13.2 Å². The quantitative estimate of drug-likeness (QED) is 0.303. The summed E-state index contributed by atoms with van der Waals surface area (Å²) in [7, 11) is 1.85. The molecular weight excluding hydrogens is 463 g/mol. The molecule has 1 heterocycles. The van der Waals surface area contributed by atoms with Crippen molar-refractivity contribution in [2.75, 3.05) is 33.6 Å². The Labute approximate surface area is 194 Å². The highest BCUT2D eigenvalue weighted by Gasteiger charge is 2.31. The fraction of sp³-hybridized carbons (Fsp3) is 0.318. The molecular formula is C22H23ClF3N3O4. The molecule has 0 aliphatic carbocycles. The van der Waals surface area contributed by atoms with Crippen LogP contribution in [0, 0.1) is 0 Å². The van der Waals surface area contributed by atoms with Crippen LogP contribution in [0.1, 0.15) is 5.56 Å². The Bertz CT molecular complexity index is 951. The highest BCUT2D eigenvalue weighted by atomic mass is 35.5. The van der Waals surface area contributed by atoms with E-state index in [0.717, 1.165) is 11.3 Å². The Kier molecular flexibility index (Phi) is 8.67. The zero-order valence-electron chi connectivity index (χ0n) is 17.8. The molecule has 3 rings (SSSR count). The third kappa shape index (κ3) is 8.39. The molecule has 33 heavy (non-hydrogen) atoms. The molecule has 2 aromatic carbocycles. The van der Waals surface area contributed by atoms with Crippen LogP contribution in [-0.4, -0.2) is 51.3 Å². The maximum absolute atomic E-state index is 12.2. The molecule has 11 heteroatoms. The molecule has 7 nitrogen and oxygen atoms in total. The summed E-state index contributed by atoms with van der Waals surface area (Å²) in [5, 5.41) is 4.00. The number of benzene rings is 2. The summed E-state index contributed by atoms with van der Waals surface area (Å²) >= 11 is 5.92. The van der Waals surface area contributed by atoms with E-state index in [9.17, 15) is 13.2 Å². The van der Waals surface area contributed by atoms with E-state index in [2.05, 4.69) is 15.0 Å². The number of hydrogen-bond acceptors (Lipinski definition) is 7. The lowest BCUT2D eigenvalue weighted by atomic mass is 10.2. The maximum atomic E-state index is 12.2. The molecule has 1 aliphatic heterocycles. The maximum Gasteiger partial charge on any atom is 0.573 e. The first-order valence-electron chi connectivity index (χ1n) is 9.93. The van der Waals surface area contributed by atoms with Gasteiger partial charge in [-0.2, -0.15) is 0 Å². The molecule has 0 spiro atoms. The number of nitrogens with zero attached hydrogens (tertiary/aromatic N) is 2. The predicted molar refractivity (Wildman–Crippen MR) is 117 cm³/mol. The van der Waals surface area contributed by atoms with Crippen molar-refractivity contribution in [2.24, 2.45) is 4.99 Å².